The zero-order valence-corrected chi connectivity index (χ0v) is 10.0. The Balaban J connectivity index is 1.46. The minimum atomic E-state index is 0.851. The standard InChI is InChI=1S/C14H25N/c1-10-3-2-4-14(10)15-9-13-8-11-5-6-12(13)7-11/h10-15H,2-9H2,1H3. The molecular weight excluding hydrogens is 182 g/mol. The molecule has 3 rings (SSSR count). The minimum Gasteiger partial charge on any atom is -0.313 e. The topological polar surface area (TPSA) is 12.0 Å². The van der Waals surface area contributed by atoms with Crippen molar-refractivity contribution in [2.45, 2.75) is 57.9 Å². The van der Waals surface area contributed by atoms with E-state index in [1.54, 1.807) is 19.3 Å². The maximum atomic E-state index is 3.86. The Bertz CT molecular complexity index is 225. The van der Waals surface area contributed by atoms with E-state index in [4.69, 9.17) is 0 Å². The third-order valence-electron chi connectivity index (χ3n) is 5.39. The van der Waals surface area contributed by atoms with Gasteiger partial charge in [0.25, 0.3) is 0 Å². The molecule has 86 valence electrons. The zero-order chi connectivity index (χ0) is 10.3. The maximum absolute atomic E-state index is 3.86. The van der Waals surface area contributed by atoms with Crippen LogP contribution < -0.4 is 5.32 Å². The number of hydrogen-bond acceptors (Lipinski definition) is 1. The lowest BCUT2D eigenvalue weighted by Gasteiger charge is -2.25. The first-order valence-electron chi connectivity index (χ1n) is 7.06. The highest BCUT2D eigenvalue weighted by atomic mass is 14.9. The minimum absolute atomic E-state index is 0.851. The second-order valence-electron chi connectivity index (χ2n) is 6.36. The normalized spacial score (nSPS) is 49.0. The highest BCUT2D eigenvalue weighted by Gasteiger charge is 2.39. The Morgan fingerprint density at radius 1 is 1.07 bits per heavy atom. The van der Waals surface area contributed by atoms with Crippen LogP contribution >= 0.6 is 0 Å². The van der Waals surface area contributed by atoms with Gasteiger partial charge in [0.05, 0.1) is 0 Å². The molecule has 0 heterocycles. The first-order valence-corrected chi connectivity index (χ1v) is 7.06. The summed E-state index contributed by atoms with van der Waals surface area (Å²) >= 11 is 0. The Kier molecular flexibility index (Phi) is 2.76. The predicted molar refractivity (Wildman–Crippen MR) is 63.7 cm³/mol. The molecule has 1 N–H and O–H groups in total. The molecule has 1 nitrogen and oxygen atoms in total. The Hall–Kier alpha value is -0.0400. The first-order chi connectivity index (χ1) is 7.33. The van der Waals surface area contributed by atoms with Crippen molar-refractivity contribution >= 4 is 0 Å². The second kappa shape index (κ2) is 4.08. The van der Waals surface area contributed by atoms with Gasteiger partial charge in [-0.3, -0.25) is 0 Å². The lowest BCUT2D eigenvalue weighted by molar-refractivity contribution is 0.294. The predicted octanol–water partition coefficient (Wildman–Crippen LogP) is 3.20. The van der Waals surface area contributed by atoms with Crippen LogP contribution in [-0.4, -0.2) is 12.6 Å². The summed E-state index contributed by atoms with van der Waals surface area (Å²) in [7, 11) is 0. The summed E-state index contributed by atoms with van der Waals surface area (Å²) in [5.41, 5.74) is 0. The smallest absolute Gasteiger partial charge is 0.00928 e. The van der Waals surface area contributed by atoms with Gasteiger partial charge in [-0.1, -0.05) is 19.8 Å². The molecular formula is C14H25N. The third kappa shape index (κ3) is 1.95. The molecule has 3 aliphatic carbocycles. The number of nitrogens with one attached hydrogen (secondary N) is 1. The van der Waals surface area contributed by atoms with E-state index < -0.39 is 0 Å². The van der Waals surface area contributed by atoms with Crippen LogP contribution in [0.25, 0.3) is 0 Å². The molecule has 15 heavy (non-hydrogen) atoms. The number of hydrogen-bond donors (Lipinski definition) is 1. The Labute approximate surface area is 94.0 Å². The van der Waals surface area contributed by atoms with Crippen LogP contribution in [0.4, 0.5) is 0 Å². The molecule has 3 fully saturated rings. The van der Waals surface area contributed by atoms with Crippen LogP contribution in [0.1, 0.15) is 51.9 Å². The van der Waals surface area contributed by atoms with Gasteiger partial charge in [-0.2, -0.15) is 0 Å². The van der Waals surface area contributed by atoms with Gasteiger partial charge in [-0.25, -0.2) is 0 Å². The van der Waals surface area contributed by atoms with Gasteiger partial charge in [0.15, 0.2) is 0 Å². The fourth-order valence-corrected chi connectivity index (χ4v) is 4.38. The summed E-state index contributed by atoms with van der Waals surface area (Å²) in [5.74, 6) is 4.18. The van der Waals surface area contributed by atoms with E-state index in [-0.39, 0.29) is 0 Å². The van der Waals surface area contributed by atoms with Gasteiger partial charge >= 0.3 is 0 Å². The van der Waals surface area contributed by atoms with Crippen molar-refractivity contribution in [1.82, 2.24) is 5.32 Å². The monoisotopic (exact) mass is 207 g/mol. The molecule has 5 atom stereocenters. The fraction of sp³-hybridized carbons (Fsp3) is 1.00. The van der Waals surface area contributed by atoms with Gasteiger partial charge in [-0.15, -0.1) is 0 Å². The van der Waals surface area contributed by atoms with Crippen molar-refractivity contribution in [1.29, 1.82) is 0 Å². The van der Waals surface area contributed by atoms with Crippen LogP contribution in [-0.2, 0) is 0 Å². The summed E-state index contributed by atoms with van der Waals surface area (Å²) < 4.78 is 0. The summed E-state index contributed by atoms with van der Waals surface area (Å²) in [6.07, 6.45) is 10.5. The molecule has 3 saturated carbocycles. The third-order valence-corrected chi connectivity index (χ3v) is 5.39. The summed E-state index contributed by atoms with van der Waals surface area (Å²) in [6, 6.07) is 0.851. The van der Waals surface area contributed by atoms with E-state index >= 15 is 0 Å². The molecule has 3 aliphatic rings. The van der Waals surface area contributed by atoms with Crippen molar-refractivity contribution in [3.05, 3.63) is 0 Å². The van der Waals surface area contributed by atoms with Gasteiger partial charge in [0, 0.05) is 6.04 Å². The SMILES string of the molecule is CC1CCCC1NCC1CC2CCC1C2. The van der Waals surface area contributed by atoms with Crippen molar-refractivity contribution in [2.75, 3.05) is 6.54 Å². The van der Waals surface area contributed by atoms with Gasteiger partial charge in [0.2, 0.25) is 0 Å². The molecule has 0 aromatic rings. The number of rotatable bonds is 3. The van der Waals surface area contributed by atoms with E-state index in [0.29, 0.717) is 0 Å². The zero-order valence-electron chi connectivity index (χ0n) is 10.0. The largest absolute Gasteiger partial charge is 0.313 e. The average Bonchev–Trinajstić information content (AvgIpc) is 2.90. The summed E-state index contributed by atoms with van der Waals surface area (Å²) in [5, 5.41) is 3.86. The molecule has 5 unspecified atom stereocenters. The molecule has 0 amide bonds. The molecule has 0 saturated heterocycles. The Morgan fingerprint density at radius 2 is 2.00 bits per heavy atom. The van der Waals surface area contributed by atoms with Crippen LogP contribution in [0, 0.1) is 23.7 Å². The van der Waals surface area contributed by atoms with Crippen molar-refractivity contribution in [2.24, 2.45) is 23.7 Å². The highest BCUT2D eigenvalue weighted by Crippen LogP contribution is 2.48. The first kappa shape index (κ1) is 10.1. The molecule has 0 aromatic heterocycles. The molecule has 1 heteroatoms. The van der Waals surface area contributed by atoms with E-state index in [1.807, 2.05) is 0 Å². The van der Waals surface area contributed by atoms with E-state index in [2.05, 4.69) is 12.2 Å². The van der Waals surface area contributed by atoms with Gasteiger partial charge < -0.3 is 5.32 Å². The van der Waals surface area contributed by atoms with E-state index in [1.165, 1.54) is 32.2 Å². The highest BCUT2D eigenvalue weighted by molar-refractivity contribution is 4.92. The van der Waals surface area contributed by atoms with Crippen LogP contribution in [0.3, 0.4) is 0 Å². The molecule has 0 spiro atoms. The fourth-order valence-electron chi connectivity index (χ4n) is 4.38. The lowest BCUT2D eigenvalue weighted by atomic mass is 9.88. The summed E-state index contributed by atoms with van der Waals surface area (Å²) in [4.78, 5) is 0. The van der Waals surface area contributed by atoms with Crippen LogP contribution in [0.15, 0.2) is 0 Å². The molecule has 0 aliphatic heterocycles. The Morgan fingerprint density at radius 3 is 2.60 bits per heavy atom. The molecule has 0 radical (unpaired) electrons. The molecule has 2 bridgehead atoms. The van der Waals surface area contributed by atoms with Crippen molar-refractivity contribution in [3.8, 4) is 0 Å². The van der Waals surface area contributed by atoms with E-state index in [9.17, 15) is 0 Å². The van der Waals surface area contributed by atoms with Crippen molar-refractivity contribution < 1.29 is 0 Å². The van der Waals surface area contributed by atoms with Gasteiger partial charge in [-0.05, 0) is 62.3 Å². The van der Waals surface area contributed by atoms with Crippen LogP contribution in [0.5, 0.6) is 0 Å². The maximum Gasteiger partial charge on any atom is 0.00928 e. The average molecular weight is 207 g/mol. The lowest BCUT2D eigenvalue weighted by Crippen LogP contribution is -2.36. The van der Waals surface area contributed by atoms with Crippen molar-refractivity contribution in [3.63, 3.8) is 0 Å². The van der Waals surface area contributed by atoms with Crippen LogP contribution in [0.2, 0.25) is 0 Å². The number of fused-ring (bicyclic) bond motifs is 2. The van der Waals surface area contributed by atoms with Gasteiger partial charge in [0.1, 0.15) is 0 Å². The second-order valence-corrected chi connectivity index (χ2v) is 6.36. The van der Waals surface area contributed by atoms with E-state index in [0.717, 1.165) is 29.7 Å². The quantitative estimate of drug-likeness (QED) is 0.749. The molecule has 0 aromatic carbocycles. The summed E-state index contributed by atoms with van der Waals surface area (Å²) in [6.45, 7) is 3.75.